The van der Waals surface area contributed by atoms with Crippen LogP contribution >= 0.6 is 0 Å². The topological polar surface area (TPSA) is 85.3 Å². The molecular formula is C25H29NO6. The molecule has 1 unspecified atom stereocenters. The Hall–Kier alpha value is -3.32. The fraction of sp³-hybridized carbons (Fsp3) is 0.360. The van der Waals surface area contributed by atoms with Gasteiger partial charge in [0.1, 0.15) is 17.3 Å². The highest BCUT2D eigenvalue weighted by Gasteiger charge is 2.46. The highest BCUT2D eigenvalue weighted by Crippen LogP contribution is 2.41. The van der Waals surface area contributed by atoms with Gasteiger partial charge in [-0.25, -0.2) is 0 Å². The summed E-state index contributed by atoms with van der Waals surface area (Å²) in [5.74, 6) is -0.824. The maximum absolute atomic E-state index is 13.1. The predicted octanol–water partition coefficient (Wildman–Crippen LogP) is 3.86. The molecule has 170 valence electrons. The summed E-state index contributed by atoms with van der Waals surface area (Å²) in [4.78, 5) is 27.5. The minimum absolute atomic E-state index is 0.00666. The number of likely N-dealkylation sites (tertiary alicyclic amines) is 1. The van der Waals surface area contributed by atoms with Gasteiger partial charge in [0.25, 0.3) is 11.7 Å². The van der Waals surface area contributed by atoms with E-state index in [1.807, 2.05) is 45.0 Å². The van der Waals surface area contributed by atoms with Crippen molar-refractivity contribution < 1.29 is 28.9 Å². The lowest BCUT2D eigenvalue weighted by molar-refractivity contribution is -0.140. The van der Waals surface area contributed by atoms with Crippen LogP contribution < -0.4 is 9.47 Å². The van der Waals surface area contributed by atoms with Gasteiger partial charge in [0.15, 0.2) is 0 Å². The van der Waals surface area contributed by atoms with Crippen LogP contribution in [0.4, 0.5) is 0 Å². The van der Waals surface area contributed by atoms with Crippen molar-refractivity contribution in [3.63, 3.8) is 0 Å². The van der Waals surface area contributed by atoms with Gasteiger partial charge >= 0.3 is 0 Å². The Labute approximate surface area is 188 Å². The largest absolute Gasteiger partial charge is 0.507 e. The Morgan fingerprint density at radius 3 is 2.47 bits per heavy atom. The number of ether oxygens (including phenoxy) is 3. The lowest BCUT2D eigenvalue weighted by Gasteiger charge is -2.26. The Kier molecular flexibility index (Phi) is 7.20. The molecule has 1 saturated heterocycles. The van der Waals surface area contributed by atoms with Crippen molar-refractivity contribution in [1.82, 2.24) is 4.90 Å². The summed E-state index contributed by atoms with van der Waals surface area (Å²) in [6.07, 6.45) is -0.00666. The summed E-state index contributed by atoms with van der Waals surface area (Å²) in [6.45, 7) is 6.24. The standard InChI is InChI=1S/C25H29NO6/c1-15(2)32-12-11-26-22(17-8-6-7-16(3)13-17)21(24(28)25(26)29)23(27)19-10-9-18(30-4)14-20(19)31-5/h6-10,13-15,22,27H,11-12H2,1-5H3/b23-21-. The van der Waals surface area contributed by atoms with Gasteiger partial charge in [-0.05, 0) is 38.5 Å². The van der Waals surface area contributed by atoms with E-state index in [1.54, 1.807) is 18.2 Å². The SMILES string of the molecule is COc1ccc(/C(O)=C2/C(=O)C(=O)N(CCOC(C)C)C2c2cccc(C)c2)c(OC)c1. The van der Waals surface area contributed by atoms with E-state index < -0.39 is 17.7 Å². The Morgan fingerprint density at radius 1 is 1.09 bits per heavy atom. The van der Waals surface area contributed by atoms with E-state index in [9.17, 15) is 14.7 Å². The van der Waals surface area contributed by atoms with Crippen LogP contribution in [0, 0.1) is 6.92 Å². The number of aryl methyl sites for hydroxylation is 1. The summed E-state index contributed by atoms with van der Waals surface area (Å²) >= 11 is 0. The molecule has 0 aliphatic carbocycles. The summed E-state index contributed by atoms with van der Waals surface area (Å²) in [5, 5.41) is 11.2. The van der Waals surface area contributed by atoms with Crippen LogP contribution in [0.3, 0.4) is 0 Å². The number of aliphatic hydroxyl groups is 1. The number of Topliss-reactive ketones (excluding diaryl/α,β-unsaturated/α-hetero) is 1. The van der Waals surface area contributed by atoms with E-state index >= 15 is 0 Å². The molecule has 7 nitrogen and oxygen atoms in total. The second kappa shape index (κ2) is 9.87. The van der Waals surface area contributed by atoms with Crippen molar-refractivity contribution in [1.29, 1.82) is 0 Å². The molecule has 1 atom stereocenters. The number of hydrogen-bond donors (Lipinski definition) is 1. The molecule has 0 saturated carbocycles. The zero-order valence-electron chi connectivity index (χ0n) is 19.0. The zero-order valence-corrected chi connectivity index (χ0v) is 19.0. The Morgan fingerprint density at radius 2 is 1.84 bits per heavy atom. The van der Waals surface area contributed by atoms with Crippen molar-refractivity contribution in [2.24, 2.45) is 0 Å². The van der Waals surface area contributed by atoms with Crippen molar-refractivity contribution in [3.05, 3.63) is 64.7 Å². The van der Waals surface area contributed by atoms with Crippen molar-refractivity contribution >= 4 is 17.4 Å². The minimum atomic E-state index is -0.739. The van der Waals surface area contributed by atoms with E-state index in [2.05, 4.69) is 0 Å². The second-order valence-corrected chi connectivity index (χ2v) is 7.89. The number of methoxy groups -OCH3 is 2. The van der Waals surface area contributed by atoms with Gasteiger partial charge < -0.3 is 24.2 Å². The maximum atomic E-state index is 13.1. The van der Waals surface area contributed by atoms with Crippen molar-refractivity contribution in [2.45, 2.75) is 32.9 Å². The van der Waals surface area contributed by atoms with Crippen LogP contribution in [0.1, 0.15) is 36.6 Å². The highest BCUT2D eigenvalue weighted by atomic mass is 16.5. The number of carbonyl (C=O) groups is 2. The van der Waals surface area contributed by atoms with Gasteiger partial charge in [-0.3, -0.25) is 9.59 Å². The summed E-state index contributed by atoms with van der Waals surface area (Å²) in [6, 6.07) is 11.7. The number of rotatable bonds is 8. The van der Waals surface area contributed by atoms with Crippen LogP contribution in [-0.4, -0.2) is 55.2 Å². The first-order valence-corrected chi connectivity index (χ1v) is 10.5. The summed E-state index contributed by atoms with van der Waals surface area (Å²) in [5.41, 5.74) is 2.05. The van der Waals surface area contributed by atoms with Crippen LogP contribution in [0.5, 0.6) is 11.5 Å². The van der Waals surface area contributed by atoms with Crippen LogP contribution in [0.25, 0.3) is 5.76 Å². The fourth-order valence-corrected chi connectivity index (χ4v) is 3.82. The molecule has 1 N–H and O–H groups in total. The number of benzene rings is 2. The third kappa shape index (κ3) is 4.62. The molecular weight excluding hydrogens is 410 g/mol. The molecule has 1 fully saturated rings. The molecule has 1 aliphatic heterocycles. The molecule has 1 amide bonds. The monoisotopic (exact) mass is 439 g/mol. The van der Waals surface area contributed by atoms with Crippen LogP contribution in [-0.2, 0) is 14.3 Å². The third-order valence-electron chi connectivity index (χ3n) is 5.35. The first-order valence-electron chi connectivity index (χ1n) is 10.5. The normalized spacial score (nSPS) is 17.8. The summed E-state index contributed by atoms with van der Waals surface area (Å²) in [7, 11) is 2.99. The number of ketones is 1. The molecule has 0 radical (unpaired) electrons. The molecule has 2 aromatic rings. The van der Waals surface area contributed by atoms with Gasteiger partial charge in [0.05, 0.1) is 44.1 Å². The predicted molar refractivity (Wildman–Crippen MR) is 121 cm³/mol. The molecule has 0 spiro atoms. The molecule has 3 rings (SSSR count). The van der Waals surface area contributed by atoms with Gasteiger partial charge in [0, 0.05) is 12.6 Å². The van der Waals surface area contributed by atoms with E-state index in [0.717, 1.165) is 11.1 Å². The highest BCUT2D eigenvalue weighted by molar-refractivity contribution is 6.46. The molecule has 2 aromatic carbocycles. The Bertz CT molecular complexity index is 1040. The average Bonchev–Trinajstić information content (AvgIpc) is 3.03. The van der Waals surface area contributed by atoms with Crippen molar-refractivity contribution in [3.8, 4) is 11.5 Å². The quantitative estimate of drug-likeness (QED) is 0.382. The minimum Gasteiger partial charge on any atom is -0.507 e. The first-order chi connectivity index (χ1) is 15.3. The van der Waals surface area contributed by atoms with Gasteiger partial charge in [0.2, 0.25) is 0 Å². The van der Waals surface area contributed by atoms with E-state index in [1.165, 1.54) is 19.1 Å². The van der Waals surface area contributed by atoms with E-state index in [4.69, 9.17) is 14.2 Å². The number of hydrogen-bond acceptors (Lipinski definition) is 6. The second-order valence-electron chi connectivity index (χ2n) is 7.89. The van der Waals surface area contributed by atoms with Gasteiger partial charge in [-0.15, -0.1) is 0 Å². The third-order valence-corrected chi connectivity index (χ3v) is 5.35. The molecule has 7 heteroatoms. The molecule has 1 aliphatic rings. The van der Waals surface area contributed by atoms with E-state index in [-0.39, 0.29) is 30.6 Å². The van der Waals surface area contributed by atoms with Crippen LogP contribution in [0.15, 0.2) is 48.0 Å². The molecule has 0 bridgehead atoms. The van der Waals surface area contributed by atoms with E-state index in [0.29, 0.717) is 17.1 Å². The average molecular weight is 440 g/mol. The Balaban J connectivity index is 2.15. The number of aliphatic hydroxyl groups excluding tert-OH is 1. The first kappa shape index (κ1) is 23.3. The lowest BCUT2D eigenvalue weighted by Crippen LogP contribution is -2.33. The fourth-order valence-electron chi connectivity index (χ4n) is 3.82. The smallest absolute Gasteiger partial charge is 0.295 e. The van der Waals surface area contributed by atoms with Gasteiger partial charge in [-0.1, -0.05) is 29.8 Å². The van der Waals surface area contributed by atoms with Gasteiger partial charge in [-0.2, -0.15) is 0 Å². The van der Waals surface area contributed by atoms with Crippen molar-refractivity contribution in [2.75, 3.05) is 27.4 Å². The molecule has 0 aromatic heterocycles. The number of nitrogens with zero attached hydrogens (tertiary/aromatic N) is 1. The van der Waals surface area contributed by atoms with Crippen LogP contribution in [0.2, 0.25) is 0 Å². The maximum Gasteiger partial charge on any atom is 0.295 e. The molecule has 1 heterocycles. The number of carbonyl (C=O) groups excluding carboxylic acids is 2. The summed E-state index contributed by atoms with van der Waals surface area (Å²) < 4.78 is 16.2. The molecule has 32 heavy (non-hydrogen) atoms. The zero-order chi connectivity index (χ0) is 23.4. The lowest BCUT2D eigenvalue weighted by atomic mass is 9.94. The number of amides is 1.